The van der Waals surface area contributed by atoms with E-state index in [9.17, 15) is 8.42 Å². The third-order valence-electron chi connectivity index (χ3n) is 5.30. The van der Waals surface area contributed by atoms with Crippen molar-refractivity contribution in [1.82, 2.24) is 0 Å². The Labute approximate surface area is 195 Å². The lowest BCUT2D eigenvalue weighted by atomic mass is 10.1. The Bertz CT molecular complexity index is 943. The van der Waals surface area contributed by atoms with E-state index in [1.807, 2.05) is 42.5 Å². The van der Waals surface area contributed by atoms with E-state index in [1.165, 1.54) is 0 Å². The number of sulfonamides is 1. The van der Waals surface area contributed by atoms with Crippen LogP contribution in [-0.4, -0.2) is 27.4 Å². The minimum atomic E-state index is -3.45. The van der Waals surface area contributed by atoms with Crippen LogP contribution in [0.2, 0.25) is 18.1 Å². The first-order valence-electron chi connectivity index (χ1n) is 9.85. The molecule has 0 saturated carbocycles. The Morgan fingerprint density at radius 3 is 2.23 bits per heavy atom. The fourth-order valence-electron chi connectivity index (χ4n) is 2.69. The molecule has 8 heteroatoms. The van der Waals surface area contributed by atoms with Gasteiger partial charge in [-0.05, 0) is 29.8 Å². The molecule has 1 N–H and O–H groups in total. The Hall–Kier alpha value is -1.10. The molecule has 30 heavy (non-hydrogen) atoms. The zero-order valence-electron chi connectivity index (χ0n) is 18.5. The second-order valence-corrected chi connectivity index (χ2v) is 16.3. The maximum Gasteiger partial charge on any atom is 0.229 e. The van der Waals surface area contributed by atoms with Crippen LogP contribution in [0.4, 0.5) is 5.69 Å². The lowest BCUT2D eigenvalue weighted by molar-refractivity contribution is 0.201. The number of hydrogen-bond donors (Lipinski definition) is 1. The quantitative estimate of drug-likeness (QED) is 0.227. The molecule has 1 unspecified atom stereocenters. The van der Waals surface area contributed by atoms with Gasteiger partial charge in [0.05, 0.1) is 18.0 Å². The molecule has 0 aromatic heterocycles. The van der Waals surface area contributed by atoms with Crippen molar-refractivity contribution in [1.29, 1.82) is 0 Å². The first kappa shape index (κ1) is 25.2. The summed E-state index contributed by atoms with van der Waals surface area (Å²) in [5.74, 6) is 0.521. The van der Waals surface area contributed by atoms with Gasteiger partial charge in [0.1, 0.15) is 12.4 Å². The molecule has 0 spiro atoms. The van der Waals surface area contributed by atoms with Crippen molar-refractivity contribution in [2.75, 3.05) is 15.4 Å². The van der Waals surface area contributed by atoms with E-state index in [0.717, 1.165) is 21.8 Å². The van der Waals surface area contributed by atoms with Crippen molar-refractivity contribution in [2.24, 2.45) is 0 Å². The highest BCUT2D eigenvalue weighted by molar-refractivity contribution is 14.1. The predicted octanol–water partition coefficient (Wildman–Crippen LogP) is 6.14. The second-order valence-electron chi connectivity index (χ2n) is 8.89. The predicted molar refractivity (Wildman–Crippen MR) is 136 cm³/mol. The zero-order valence-corrected chi connectivity index (χ0v) is 22.5. The minimum absolute atomic E-state index is 0.0603. The summed E-state index contributed by atoms with van der Waals surface area (Å²) in [6.45, 7) is 11.4. The maximum atomic E-state index is 11.9. The fraction of sp³-hybridized carbons (Fsp3) is 0.455. The van der Waals surface area contributed by atoms with Crippen LogP contribution in [0.1, 0.15) is 38.0 Å². The van der Waals surface area contributed by atoms with E-state index >= 15 is 0 Å². The van der Waals surface area contributed by atoms with E-state index in [1.54, 1.807) is 6.07 Å². The standard InChI is InChI=1S/C22H32INO4SSi/c1-22(2,3)30(5,6)28-20(15-23)18-13-10-14-19(24-29(4,25)26)21(18)27-16-17-11-8-7-9-12-17/h7-14,20,24H,15-16H2,1-6H3. The number of ether oxygens (including phenoxy) is 1. The van der Waals surface area contributed by atoms with Crippen molar-refractivity contribution in [2.45, 2.75) is 51.6 Å². The van der Waals surface area contributed by atoms with E-state index < -0.39 is 18.3 Å². The number of nitrogens with one attached hydrogen (secondary N) is 1. The topological polar surface area (TPSA) is 64.6 Å². The van der Waals surface area contributed by atoms with Crippen molar-refractivity contribution in [3.63, 3.8) is 0 Å². The summed E-state index contributed by atoms with van der Waals surface area (Å²) in [7, 11) is -5.50. The van der Waals surface area contributed by atoms with Crippen LogP contribution < -0.4 is 9.46 Å². The highest BCUT2D eigenvalue weighted by Gasteiger charge is 2.40. The average molecular weight is 562 g/mol. The molecule has 5 nitrogen and oxygen atoms in total. The van der Waals surface area contributed by atoms with Crippen LogP contribution in [0.5, 0.6) is 5.75 Å². The summed E-state index contributed by atoms with van der Waals surface area (Å²) in [6, 6.07) is 15.3. The third-order valence-corrected chi connectivity index (χ3v) is 11.2. The van der Waals surface area contributed by atoms with Gasteiger partial charge in [-0.1, -0.05) is 85.8 Å². The minimum Gasteiger partial charge on any atom is -0.486 e. The Kier molecular flexibility index (Phi) is 8.40. The van der Waals surface area contributed by atoms with Gasteiger partial charge in [0.15, 0.2) is 8.32 Å². The monoisotopic (exact) mass is 561 g/mol. The molecule has 2 aromatic rings. The number of alkyl halides is 1. The highest BCUT2D eigenvalue weighted by Crippen LogP contribution is 2.43. The van der Waals surface area contributed by atoms with Crippen LogP contribution >= 0.6 is 22.6 Å². The highest BCUT2D eigenvalue weighted by atomic mass is 127. The normalized spacial score (nSPS) is 13.7. The molecule has 0 fully saturated rings. The molecule has 0 saturated heterocycles. The molecule has 0 aliphatic heterocycles. The Balaban J connectivity index is 2.46. The van der Waals surface area contributed by atoms with E-state index in [0.29, 0.717) is 18.0 Å². The number of hydrogen-bond acceptors (Lipinski definition) is 4. The van der Waals surface area contributed by atoms with E-state index in [4.69, 9.17) is 9.16 Å². The molecular formula is C22H32INO4SSi. The third kappa shape index (κ3) is 6.96. The van der Waals surface area contributed by atoms with Gasteiger partial charge in [0.2, 0.25) is 10.0 Å². The first-order valence-corrected chi connectivity index (χ1v) is 16.2. The molecule has 1 atom stereocenters. The molecule has 2 aromatic carbocycles. The summed E-state index contributed by atoms with van der Waals surface area (Å²) in [5, 5.41) is 0.0603. The molecule has 166 valence electrons. The van der Waals surface area contributed by atoms with Crippen molar-refractivity contribution < 1.29 is 17.6 Å². The number of anilines is 1. The van der Waals surface area contributed by atoms with E-state index in [-0.39, 0.29) is 11.1 Å². The van der Waals surface area contributed by atoms with Gasteiger partial charge in [-0.15, -0.1) is 0 Å². The summed E-state index contributed by atoms with van der Waals surface area (Å²) in [4.78, 5) is 0. The number of rotatable bonds is 9. The molecule has 0 heterocycles. The first-order chi connectivity index (χ1) is 13.8. The molecular weight excluding hydrogens is 529 g/mol. The lowest BCUT2D eigenvalue weighted by Crippen LogP contribution is -2.42. The van der Waals surface area contributed by atoms with E-state index in [2.05, 4.69) is 61.2 Å². The maximum absolute atomic E-state index is 11.9. The average Bonchev–Trinajstić information content (AvgIpc) is 2.63. The summed E-state index contributed by atoms with van der Waals surface area (Å²) >= 11 is 2.32. The smallest absolute Gasteiger partial charge is 0.229 e. The van der Waals surface area contributed by atoms with Crippen LogP contribution in [0, 0.1) is 0 Å². The second kappa shape index (κ2) is 10.0. The van der Waals surface area contributed by atoms with Gasteiger partial charge >= 0.3 is 0 Å². The Morgan fingerprint density at radius 1 is 1.07 bits per heavy atom. The van der Waals surface area contributed by atoms with Crippen LogP contribution in [-0.2, 0) is 21.1 Å². The van der Waals surface area contributed by atoms with Crippen LogP contribution in [0.15, 0.2) is 48.5 Å². The molecule has 0 bridgehead atoms. The molecule has 2 rings (SSSR count). The summed E-state index contributed by atoms with van der Waals surface area (Å²) in [6.07, 6.45) is 0.946. The molecule has 0 amide bonds. The molecule has 0 radical (unpaired) electrons. The molecule has 0 aliphatic rings. The van der Waals surface area contributed by atoms with Crippen molar-refractivity contribution in [3.8, 4) is 5.75 Å². The van der Waals surface area contributed by atoms with Gasteiger partial charge in [0, 0.05) is 9.99 Å². The van der Waals surface area contributed by atoms with Gasteiger partial charge in [-0.25, -0.2) is 8.42 Å². The van der Waals surface area contributed by atoms with Crippen LogP contribution in [0.3, 0.4) is 0 Å². The van der Waals surface area contributed by atoms with Gasteiger partial charge < -0.3 is 9.16 Å². The summed E-state index contributed by atoms with van der Waals surface area (Å²) in [5.41, 5.74) is 2.30. The van der Waals surface area contributed by atoms with Crippen molar-refractivity contribution >= 4 is 46.6 Å². The number of halogens is 1. The Morgan fingerprint density at radius 2 is 1.70 bits per heavy atom. The summed E-state index contributed by atoms with van der Waals surface area (Å²) < 4.78 is 40.1. The van der Waals surface area contributed by atoms with Crippen LogP contribution in [0.25, 0.3) is 0 Å². The van der Waals surface area contributed by atoms with Gasteiger partial charge in [-0.2, -0.15) is 0 Å². The fourth-order valence-corrected chi connectivity index (χ4v) is 5.52. The lowest BCUT2D eigenvalue weighted by Gasteiger charge is -2.39. The van der Waals surface area contributed by atoms with Crippen molar-refractivity contribution in [3.05, 3.63) is 59.7 Å². The van der Waals surface area contributed by atoms with Gasteiger partial charge in [-0.3, -0.25) is 4.72 Å². The SMILES string of the molecule is CC(C)(C)[Si](C)(C)OC(CI)c1cccc(NS(C)(=O)=O)c1OCc1ccccc1. The number of benzene rings is 2. The number of para-hydroxylation sites is 1. The molecule has 0 aliphatic carbocycles. The van der Waals surface area contributed by atoms with Gasteiger partial charge in [0.25, 0.3) is 0 Å². The largest absolute Gasteiger partial charge is 0.486 e. The zero-order chi connectivity index (χ0) is 22.6.